The maximum atomic E-state index is 12.8. The molecule has 34 heavy (non-hydrogen) atoms. The fourth-order valence-electron chi connectivity index (χ4n) is 3.11. The van der Waals surface area contributed by atoms with Crippen LogP contribution in [-0.2, 0) is 9.73 Å². The van der Waals surface area contributed by atoms with Crippen molar-refractivity contribution >= 4 is 21.3 Å². The molecule has 0 saturated heterocycles. The number of aromatic nitrogens is 4. The molecular weight excluding hydrogens is 473 g/mol. The SMILES string of the molecule is Cc1cc(OC(F)(F)F)cc(C(=O)N[C@@H](C)c2nc(C)nn2-c2ccc(N=S(C)(C)=O)cn2)c1. The minimum Gasteiger partial charge on any atom is -0.406 e. The maximum Gasteiger partial charge on any atom is 0.573 e. The lowest BCUT2D eigenvalue weighted by atomic mass is 10.1. The summed E-state index contributed by atoms with van der Waals surface area (Å²) in [5.74, 6) is 0.0801. The zero-order valence-corrected chi connectivity index (χ0v) is 19.9. The average Bonchev–Trinajstić information content (AvgIpc) is 3.07. The van der Waals surface area contributed by atoms with Crippen LogP contribution in [-0.4, -0.2) is 48.7 Å². The van der Waals surface area contributed by atoms with Crippen LogP contribution >= 0.6 is 0 Å². The Morgan fingerprint density at radius 1 is 1.21 bits per heavy atom. The zero-order valence-electron chi connectivity index (χ0n) is 19.0. The average molecular weight is 497 g/mol. The van der Waals surface area contributed by atoms with Crippen molar-refractivity contribution in [2.45, 2.75) is 33.2 Å². The summed E-state index contributed by atoms with van der Waals surface area (Å²) in [6.07, 6.45) is -0.405. The number of amides is 1. The van der Waals surface area contributed by atoms with Gasteiger partial charge in [0, 0.05) is 27.8 Å². The van der Waals surface area contributed by atoms with Crippen molar-refractivity contribution in [1.29, 1.82) is 0 Å². The number of aryl methyl sites for hydroxylation is 2. The van der Waals surface area contributed by atoms with Crippen molar-refractivity contribution in [1.82, 2.24) is 25.1 Å². The molecule has 0 saturated carbocycles. The molecule has 2 heterocycles. The van der Waals surface area contributed by atoms with Crippen molar-refractivity contribution in [2.24, 2.45) is 4.36 Å². The zero-order chi connectivity index (χ0) is 25.3. The van der Waals surface area contributed by atoms with Gasteiger partial charge in [-0.25, -0.2) is 14.2 Å². The van der Waals surface area contributed by atoms with E-state index in [-0.39, 0.29) is 5.56 Å². The Kier molecular flexibility index (Phi) is 6.96. The summed E-state index contributed by atoms with van der Waals surface area (Å²) in [5.41, 5.74) is 0.867. The quantitative estimate of drug-likeness (QED) is 0.552. The summed E-state index contributed by atoms with van der Waals surface area (Å²) in [5, 5.41) is 7.03. The fraction of sp³-hybridized carbons (Fsp3) is 0.333. The number of benzene rings is 1. The smallest absolute Gasteiger partial charge is 0.406 e. The number of nitrogens with one attached hydrogen (secondary N) is 1. The summed E-state index contributed by atoms with van der Waals surface area (Å²) >= 11 is 0. The Morgan fingerprint density at radius 2 is 1.91 bits per heavy atom. The minimum absolute atomic E-state index is 0.000652. The molecule has 9 nitrogen and oxygen atoms in total. The highest BCUT2D eigenvalue weighted by molar-refractivity contribution is 7.92. The van der Waals surface area contributed by atoms with E-state index in [4.69, 9.17) is 0 Å². The van der Waals surface area contributed by atoms with Gasteiger partial charge in [-0.3, -0.25) is 4.79 Å². The largest absolute Gasteiger partial charge is 0.573 e. The van der Waals surface area contributed by atoms with E-state index in [0.29, 0.717) is 28.7 Å². The highest BCUT2D eigenvalue weighted by atomic mass is 32.2. The molecule has 3 aromatic rings. The van der Waals surface area contributed by atoms with Gasteiger partial charge in [-0.2, -0.15) is 9.04 Å². The number of nitrogens with zero attached hydrogens (tertiary/aromatic N) is 5. The number of rotatable bonds is 6. The third-order valence-corrected chi connectivity index (χ3v) is 4.94. The Hall–Kier alpha value is -3.48. The predicted octanol–water partition coefficient (Wildman–Crippen LogP) is 4.03. The highest BCUT2D eigenvalue weighted by Gasteiger charge is 2.31. The molecule has 1 amide bonds. The molecule has 0 radical (unpaired) electrons. The molecule has 0 aliphatic carbocycles. The van der Waals surface area contributed by atoms with Gasteiger partial charge in [0.1, 0.15) is 11.6 Å². The summed E-state index contributed by atoms with van der Waals surface area (Å²) in [6.45, 7) is 4.89. The third kappa shape index (κ3) is 6.76. The van der Waals surface area contributed by atoms with E-state index in [9.17, 15) is 22.2 Å². The summed E-state index contributed by atoms with van der Waals surface area (Å²) in [4.78, 5) is 21.4. The van der Waals surface area contributed by atoms with Gasteiger partial charge in [0.25, 0.3) is 5.91 Å². The molecule has 0 bridgehead atoms. The first-order valence-electron chi connectivity index (χ1n) is 9.95. The molecule has 1 N–H and O–H groups in total. The molecule has 0 unspecified atom stereocenters. The number of carbonyl (C=O) groups excluding carboxylic acids is 1. The van der Waals surface area contributed by atoms with Crippen LogP contribution in [0.25, 0.3) is 5.82 Å². The Labute approximate surface area is 194 Å². The predicted molar refractivity (Wildman–Crippen MR) is 120 cm³/mol. The molecule has 1 atom stereocenters. The van der Waals surface area contributed by atoms with Crippen molar-refractivity contribution < 1.29 is 26.9 Å². The van der Waals surface area contributed by atoms with Crippen molar-refractivity contribution in [3.63, 3.8) is 0 Å². The molecule has 3 rings (SSSR count). The normalized spacial score (nSPS) is 12.8. The summed E-state index contributed by atoms with van der Waals surface area (Å²) in [6, 6.07) is 6.24. The van der Waals surface area contributed by atoms with Gasteiger partial charge >= 0.3 is 6.36 Å². The van der Waals surface area contributed by atoms with Gasteiger partial charge in [0.2, 0.25) is 0 Å². The second-order valence-corrected chi connectivity index (χ2v) is 10.4. The molecule has 0 aliphatic rings. The van der Waals surface area contributed by atoms with Gasteiger partial charge in [-0.15, -0.1) is 18.3 Å². The number of alkyl halides is 3. The second-order valence-electron chi connectivity index (χ2n) is 7.85. The maximum absolute atomic E-state index is 12.8. The number of carbonyl (C=O) groups is 1. The second kappa shape index (κ2) is 9.41. The molecule has 0 fully saturated rings. The van der Waals surface area contributed by atoms with E-state index in [2.05, 4.69) is 29.5 Å². The molecule has 0 spiro atoms. The topological polar surface area (TPSA) is 111 Å². The van der Waals surface area contributed by atoms with E-state index in [1.165, 1.54) is 35.5 Å². The summed E-state index contributed by atoms with van der Waals surface area (Å²) in [7, 11) is -2.35. The lowest BCUT2D eigenvalue weighted by Crippen LogP contribution is -2.29. The van der Waals surface area contributed by atoms with Crippen molar-refractivity contribution in [2.75, 3.05) is 12.5 Å². The van der Waals surface area contributed by atoms with Crippen LogP contribution in [0, 0.1) is 13.8 Å². The van der Waals surface area contributed by atoms with E-state index < -0.39 is 33.8 Å². The Balaban J connectivity index is 1.85. The standard InChI is InChI=1S/C21H23F3N6O3S/c1-12-8-15(10-17(9-12)33-21(22,23)24)20(31)26-13(2)19-27-14(3)28-30(19)18-7-6-16(11-25-18)29-34(4,5)32/h6-11,13H,1-5H3,(H,26,31)/t13-/m0/s1. The van der Waals surface area contributed by atoms with Crippen LogP contribution in [0.4, 0.5) is 18.9 Å². The third-order valence-electron chi connectivity index (χ3n) is 4.29. The fourth-order valence-corrected chi connectivity index (χ4v) is 3.72. The minimum atomic E-state index is -4.87. The monoisotopic (exact) mass is 496 g/mol. The number of hydrogen-bond acceptors (Lipinski definition) is 7. The lowest BCUT2D eigenvalue weighted by molar-refractivity contribution is -0.274. The van der Waals surface area contributed by atoms with Crippen LogP contribution in [0.3, 0.4) is 0 Å². The molecule has 13 heteroatoms. The van der Waals surface area contributed by atoms with Gasteiger partial charge in [0.05, 0.1) is 17.9 Å². The van der Waals surface area contributed by atoms with Crippen LogP contribution in [0.15, 0.2) is 40.9 Å². The van der Waals surface area contributed by atoms with Gasteiger partial charge < -0.3 is 10.1 Å². The summed E-state index contributed by atoms with van der Waals surface area (Å²) < 4.78 is 59.1. The van der Waals surface area contributed by atoms with Crippen molar-refractivity contribution in [3.8, 4) is 11.6 Å². The van der Waals surface area contributed by atoms with Crippen LogP contribution in [0.1, 0.15) is 40.5 Å². The highest BCUT2D eigenvalue weighted by Crippen LogP contribution is 2.25. The number of pyridine rings is 1. The number of hydrogen-bond donors (Lipinski definition) is 1. The van der Waals surface area contributed by atoms with Crippen LogP contribution < -0.4 is 10.1 Å². The lowest BCUT2D eigenvalue weighted by Gasteiger charge is -2.16. The first-order chi connectivity index (χ1) is 15.7. The molecule has 1 aromatic carbocycles. The van der Waals surface area contributed by atoms with E-state index >= 15 is 0 Å². The Bertz CT molecular complexity index is 1320. The first-order valence-corrected chi connectivity index (χ1v) is 12.3. The van der Waals surface area contributed by atoms with Gasteiger partial charge in [0.15, 0.2) is 11.6 Å². The van der Waals surface area contributed by atoms with Crippen LogP contribution in [0.5, 0.6) is 5.75 Å². The molecule has 182 valence electrons. The number of ether oxygens (including phenoxy) is 1. The Morgan fingerprint density at radius 3 is 2.50 bits per heavy atom. The van der Waals surface area contributed by atoms with Gasteiger partial charge in [-0.05, 0) is 56.7 Å². The van der Waals surface area contributed by atoms with E-state index in [1.54, 1.807) is 32.9 Å². The molecule has 2 aromatic heterocycles. The van der Waals surface area contributed by atoms with Gasteiger partial charge in [-0.1, -0.05) is 0 Å². The molecule has 0 aliphatic heterocycles. The van der Waals surface area contributed by atoms with Crippen molar-refractivity contribution in [3.05, 3.63) is 59.3 Å². The first kappa shape index (κ1) is 25.1. The molecular formula is C21H23F3N6O3S. The van der Waals surface area contributed by atoms with E-state index in [0.717, 1.165) is 6.07 Å². The number of halogens is 3. The van der Waals surface area contributed by atoms with E-state index in [1.807, 2.05) is 0 Å². The van der Waals surface area contributed by atoms with Crippen LogP contribution in [0.2, 0.25) is 0 Å².